The van der Waals surface area contributed by atoms with Crippen molar-refractivity contribution in [3.8, 4) is 5.75 Å². The predicted octanol–water partition coefficient (Wildman–Crippen LogP) is 3.22. The Labute approximate surface area is 175 Å². The number of hydrogen-bond donors (Lipinski definition) is 3. The molecule has 9 heteroatoms. The quantitative estimate of drug-likeness (QED) is 0.357. The van der Waals surface area contributed by atoms with Crippen molar-refractivity contribution in [1.29, 1.82) is 0 Å². The van der Waals surface area contributed by atoms with Crippen LogP contribution in [0.2, 0.25) is 5.02 Å². The molecule has 0 spiro atoms. The van der Waals surface area contributed by atoms with Gasteiger partial charge in [-0.2, -0.15) is 0 Å². The first-order chi connectivity index (χ1) is 12.9. The fraction of sp³-hybridized carbons (Fsp3) is 0.0556. The van der Waals surface area contributed by atoms with E-state index in [4.69, 9.17) is 28.6 Å². The molecule has 0 radical (unpaired) electrons. The first-order valence-electron chi connectivity index (χ1n) is 7.65. The third-order valence-electron chi connectivity index (χ3n) is 3.06. The van der Waals surface area contributed by atoms with E-state index in [0.717, 1.165) is 4.47 Å². The summed E-state index contributed by atoms with van der Waals surface area (Å²) in [6, 6.07) is 14.1. The van der Waals surface area contributed by atoms with E-state index in [1.807, 2.05) is 6.07 Å². The van der Waals surface area contributed by atoms with Gasteiger partial charge in [-0.1, -0.05) is 45.7 Å². The smallest absolute Gasteiger partial charge is 0.276 e. The molecule has 2 amide bonds. The van der Waals surface area contributed by atoms with E-state index in [0.29, 0.717) is 16.3 Å². The third kappa shape index (κ3) is 7.78. The molecule has 0 saturated carbocycles. The molecule has 0 atom stereocenters. The van der Waals surface area contributed by atoms with E-state index in [1.165, 1.54) is 6.08 Å². The van der Waals surface area contributed by atoms with Gasteiger partial charge in [0.1, 0.15) is 5.75 Å². The minimum absolute atomic E-state index is 0.0548. The van der Waals surface area contributed by atoms with Crippen molar-refractivity contribution < 1.29 is 14.3 Å². The highest BCUT2D eigenvalue weighted by atomic mass is 79.9. The Morgan fingerprint density at radius 3 is 2.52 bits per heavy atom. The van der Waals surface area contributed by atoms with Gasteiger partial charge in [0.2, 0.25) is 5.91 Å². The van der Waals surface area contributed by atoms with Crippen LogP contribution in [0.3, 0.4) is 0 Å². The Hall–Kier alpha value is -2.42. The van der Waals surface area contributed by atoms with Crippen LogP contribution in [-0.2, 0) is 9.59 Å². The number of halogens is 2. The zero-order chi connectivity index (χ0) is 19.6. The fourth-order valence-corrected chi connectivity index (χ4v) is 2.42. The molecular formula is C18H15BrClN3O3S. The van der Waals surface area contributed by atoms with Crippen LogP contribution in [0.25, 0.3) is 6.08 Å². The number of thiocarbonyl (C=S) groups is 1. The summed E-state index contributed by atoms with van der Waals surface area (Å²) in [7, 11) is 0. The van der Waals surface area contributed by atoms with E-state index in [2.05, 4.69) is 32.1 Å². The van der Waals surface area contributed by atoms with E-state index >= 15 is 0 Å². The number of carbonyl (C=O) groups excluding carboxylic acids is 2. The lowest BCUT2D eigenvalue weighted by Crippen LogP contribution is -2.49. The molecule has 0 aromatic heterocycles. The number of benzene rings is 2. The Morgan fingerprint density at radius 2 is 1.81 bits per heavy atom. The monoisotopic (exact) mass is 467 g/mol. The zero-order valence-corrected chi connectivity index (χ0v) is 17.0. The van der Waals surface area contributed by atoms with Crippen LogP contribution in [0, 0.1) is 0 Å². The number of nitrogens with one attached hydrogen (secondary N) is 3. The average molecular weight is 469 g/mol. The number of amides is 2. The molecule has 0 aliphatic rings. The predicted molar refractivity (Wildman–Crippen MR) is 112 cm³/mol. The number of hydrogen-bond acceptors (Lipinski definition) is 4. The Kier molecular flexibility index (Phi) is 8.25. The van der Waals surface area contributed by atoms with Gasteiger partial charge in [0.05, 0.1) is 0 Å². The minimum atomic E-state index is -0.465. The second kappa shape index (κ2) is 10.7. The van der Waals surface area contributed by atoms with Crippen molar-refractivity contribution in [2.45, 2.75) is 0 Å². The van der Waals surface area contributed by atoms with Crippen molar-refractivity contribution in [3.05, 3.63) is 69.7 Å². The summed E-state index contributed by atoms with van der Waals surface area (Å²) >= 11 is 14.2. The molecule has 2 rings (SSSR count). The molecule has 0 saturated heterocycles. The van der Waals surface area contributed by atoms with Crippen LogP contribution >= 0.6 is 39.7 Å². The Bertz CT molecular complexity index is 859. The molecule has 140 valence electrons. The number of ether oxygens (including phenoxy) is 1. The van der Waals surface area contributed by atoms with E-state index in [1.54, 1.807) is 48.5 Å². The lowest BCUT2D eigenvalue weighted by atomic mass is 10.2. The molecule has 0 fully saturated rings. The molecule has 0 aliphatic heterocycles. The normalized spacial score (nSPS) is 10.3. The first-order valence-corrected chi connectivity index (χ1v) is 9.23. The number of carbonyl (C=O) groups is 2. The Balaban J connectivity index is 1.70. The SMILES string of the molecule is O=C(C=Cc1ccccc1Cl)NC(=S)NNC(=O)COc1ccc(Br)cc1. The highest BCUT2D eigenvalue weighted by Crippen LogP contribution is 2.16. The van der Waals surface area contributed by atoms with Crippen molar-refractivity contribution in [2.75, 3.05) is 6.61 Å². The third-order valence-corrected chi connectivity index (χ3v) is 4.13. The van der Waals surface area contributed by atoms with Crippen molar-refractivity contribution in [2.24, 2.45) is 0 Å². The molecule has 6 nitrogen and oxygen atoms in total. The van der Waals surface area contributed by atoms with Crippen LogP contribution in [0.1, 0.15) is 5.56 Å². The summed E-state index contributed by atoms with van der Waals surface area (Å²) in [5.74, 6) is -0.372. The highest BCUT2D eigenvalue weighted by molar-refractivity contribution is 9.10. The van der Waals surface area contributed by atoms with Crippen molar-refractivity contribution >= 4 is 62.8 Å². The molecule has 2 aromatic rings. The molecule has 2 aromatic carbocycles. The van der Waals surface area contributed by atoms with Crippen LogP contribution in [0.5, 0.6) is 5.75 Å². The molecule has 27 heavy (non-hydrogen) atoms. The molecular weight excluding hydrogens is 454 g/mol. The topological polar surface area (TPSA) is 79.5 Å². The van der Waals surface area contributed by atoms with Crippen LogP contribution < -0.4 is 20.9 Å². The summed E-state index contributed by atoms with van der Waals surface area (Å²) in [5, 5.41) is 2.87. The lowest BCUT2D eigenvalue weighted by molar-refractivity contribution is -0.123. The Morgan fingerprint density at radius 1 is 1.11 bits per heavy atom. The fourth-order valence-electron chi connectivity index (χ4n) is 1.80. The zero-order valence-electron chi connectivity index (χ0n) is 13.9. The second-order valence-electron chi connectivity index (χ2n) is 5.09. The van der Waals surface area contributed by atoms with Gasteiger partial charge in [-0.15, -0.1) is 0 Å². The summed E-state index contributed by atoms with van der Waals surface area (Å²) < 4.78 is 6.22. The minimum Gasteiger partial charge on any atom is -0.484 e. The van der Waals surface area contributed by atoms with E-state index in [9.17, 15) is 9.59 Å². The maximum absolute atomic E-state index is 11.8. The lowest BCUT2D eigenvalue weighted by Gasteiger charge is -2.10. The van der Waals surface area contributed by atoms with Gasteiger partial charge in [0, 0.05) is 15.6 Å². The number of hydrazine groups is 1. The van der Waals surface area contributed by atoms with Gasteiger partial charge >= 0.3 is 0 Å². The van der Waals surface area contributed by atoms with Gasteiger partial charge in [0.25, 0.3) is 5.91 Å². The molecule has 0 unspecified atom stereocenters. The van der Waals surface area contributed by atoms with Crippen LogP contribution in [0.15, 0.2) is 59.1 Å². The largest absolute Gasteiger partial charge is 0.484 e. The average Bonchev–Trinajstić information content (AvgIpc) is 2.65. The van der Waals surface area contributed by atoms with Gasteiger partial charge in [-0.05, 0) is 54.2 Å². The molecule has 0 heterocycles. The second-order valence-corrected chi connectivity index (χ2v) is 6.82. The van der Waals surface area contributed by atoms with Crippen LogP contribution in [0.4, 0.5) is 0 Å². The molecule has 3 N–H and O–H groups in total. The van der Waals surface area contributed by atoms with Gasteiger partial charge < -0.3 is 4.74 Å². The summed E-state index contributed by atoms with van der Waals surface area (Å²) in [5.41, 5.74) is 5.45. The standard InChI is InChI=1S/C18H15BrClN3O3S/c19-13-6-8-14(9-7-13)26-11-17(25)22-23-18(27)21-16(24)10-5-12-3-1-2-4-15(12)20/h1-10H,11H2,(H,22,25)(H2,21,23,24,27). The van der Waals surface area contributed by atoms with Crippen molar-refractivity contribution in [1.82, 2.24) is 16.2 Å². The van der Waals surface area contributed by atoms with E-state index in [-0.39, 0.29) is 11.7 Å². The van der Waals surface area contributed by atoms with Gasteiger partial charge in [-0.3, -0.25) is 25.8 Å². The van der Waals surface area contributed by atoms with Crippen LogP contribution in [-0.4, -0.2) is 23.5 Å². The van der Waals surface area contributed by atoms with E-state index < -0.39 is 11.8 Å². The maximum atomic E-state index is 11.8. The summed E-state index contributed by atoms with van der Waals surface area (Å²) in [6.07, 6.45) is 2.85. The summed E-state index contributed by atoms with van der Waals surface area (Å²) in [6.45, 7) is -0.211. The molecule has 0 aliphatic carbocycles. The molecule has 0 bridgehead atoms. The summed E-state index contributed by atoms with van der Waals surface area (Å²) in [4.78, 5) is 23.5. The first kappa shape index (κ1) is 20.9. The number of rotatable bonds is 5. The van der Waals surface area contributed by atoms with Crippen molar-refractivity contribution in [3.63, 3.8) is 0 Å². The highest BCUT2D eigenvalue weighted by Gasteiger charge is 2.05. The van der Waals surface area contributed by atoms with Gasteiger partial charge in [-0.25, -0.2) is 0 Å². The van der Waals surface area contributed by atoms with Gasteiger partial charge in [0.15, 0.2) is 11.7 Å². The maximum Gasteiger partial charge on any atom is 0.276 e.